The first kappa shape index (κ1) is 17.7. The van der Waals surface area contributed by atoms with Crippen LogP contribution in [-0.4, -0.2) is 60.5 Å². The Labute approximate surface area is 158 Å². The van der Waals surface area contributed by atoms with Crippen molar-refractivity contribution < 1.29 is 0 Å². The molecule has 0 N–H and O–H groups in total. The van der Waals surface area contributed by atoms with Gasteiger partial charge in [-0.15, -0.1) is 0 Å². The van der Waals surface area contributed by atoms with Crippen LogP contribution in [0.2, 0.25) is 0 Å². The van der Waals surface area contributed by atoms with Crippen molar-refractivity contribution in [3.05, 3.63) is 71.8 Å². The molecule has 0 aliphatic carbocycles. The molecule has 0 radical (unpaired) electrons. The van der Waals surface area contributed by atoms with Crippen LogP contribution >= 0.6 is 0 Å². The summed E-state index contributed by atoms with van der Waals surface area (Å²) in [5, 5.41) is 0. The van der Waals surface area contributed by atoms with Crippen LogP contribution in [-0.2, 0) is 6.54 Å². The maximum Gasteiger partial charge on any atom is 0.0349 e. The van der Waals surface area contributed by atoms with E-state index >= 15 is 0 Å². The quantitative estimate of drug-likeness (QED) is 0.788. The summed E-state index contributed by atoms with van der Waals surface area (Å²) >= 11 is 0. The summed E-state index contributed by atoms with van der Waals surface area (Å²) in [6, 6.07) is 22.6. The number of likely N-dealkylation sites (tertiary alicyclic amines) is 1. The Morgan fingerprint density at radius 2 is 1.35 bits per heavy atom. The fraction of sp³-hybridized carbons (Fsp3) is 0.478. The highest BCUT2D eigenvalue weighted by Crippen LogP contribution is 2.31. The van der Waals surface area contributed by atoms with Gasteiger partial charge in [0.25, 0.3) is 0 Å². The Bertz CT molecular complexity index is 650. The molecule has 1 atom stereocenters. The van der Waals surface area contributed by atoms with Crippen molar-refractivity contribution in [1.29, 1.82) is 0 Å². The predicted octanol–water partition coefficient (Wildman–Crippen LogP) is 3.64. The van der Waals surface area contributed by atoms with Gasteiger partial charge in [-0.05, 0) is 30.5 Å². The summed E-state index contributed by atoms with van der Waals surface area (Å²) < 4.78 is 0. The number of piperazine rings is 1. The van der Waals surface area contributed by atoms with Gasteiger partial charge in [0.15, 0.2) is 0 Å². The zero-order valence-electron chi connectivity index (χ0n) is 15.8. The summed E-state index contributed by atoms with van der Waals surface area (Å²) in [4.78, 5) is 7.95. The van der Waals surface area contributed by atoms with Gasteiger partial charge in [0, 0.05) is 51.9 Å². The lowest BCUT2D eigenvalue weighted by atomic mass is 10.0. The van der Waals surface area contributed by atoms with Gasteiger partial charge < -0.3 is 0 Å². The average Bonchev–Trinajstić information content (AvgIpc) is 3.18. The lowest BCUT2D eigenvalue weighted by Gasteiger charge is -2.36. The first-order valence-electron chi connectivity index (χ1n) is 10.2. The highest BCUT2D eigenvalue weighted by molar-refractivity contribution is 5.20. The van der Waals surface area contributed by atoms with Gasteiger partial charge in [0.05, 0.1) is 0 Å². The van der Waals surface area contributed by atoms with Gasteiger partial charge in [-0.1, -0.05) is 60.7 Å². The Kier molecular flexibility index (Phi) is 6.00. The number of hydrogen-bond donors (Lipinski definition) is 0. The highest BCUT2D eigenvalue weighted by atomic mass is 15.3. The van der Waals surface area contributed by atoms with Crippen LogP contribution in [0.4, 0.5) is 0 Å². The van der Waals surface area contributed by atoms with E-state index in [2.05, 4.69) is 75.4 Å². The first-order chi connectivity index (χ1) is 12.9. The molecule has 2 aromatic carbocycles. The number of hydrogen-bond acceptors (Lipinski definition) is 3. The van der Waals surface area contributed by atoms with Crippen LogP contribution in [0.1, 0.15) is 30.0 Å². The normalized spacial score (nSPS) is 22.7. The molecular weight excluding hydrogens is 318 g/mol. The van der Waals surface area contributed by atoms with Crippen LogP contribution in [0.3, 0.4) is 0 Å². The molecule has 3 heteroatoms. The molecule has 138 valence electrons. The molecular formula is C23H31N3. The van der Waals surface area contributed by atoms with Crippen molar-refractivity contribution in [1.82, 2.24) is 14.7 Å². The van der Waals surface area contributed by atoms with Gasteiger partial charge in [-0.2, -0.15) is 0 Å². The molecule has 2 fully saturated rings. The van der Waals surface area contributed by atoms with Crippen molar-refractivity contribution in [2.75, 3.05) is 45.8 Å². The number of nitrogens with zero attached hydrogens (tertiary/aromatic N) is 3. The minimum absolute atomic E-state index is 0.635. The Morgan fingerprint density at radius 3 is 2.08 bits per heavy atom. The molecule has 0 bridgehead atoms. The molecule has 2 heterocycles. The largest absolute Gasteiger partial charge is 0.300 e. The van der Waals surface area contributed by atoms with E-state index in [4.69, 9.17) is 0 Å². The minimum atomic E-state index is 0.635. The fourth-order valence-electron chi connectivity index (χ4n) is 4.43. The van der Waals surface area contributed by atoms with Crippen LogP contribution < -0.4 is 0 Å². The molecule has 0 spiro atoms. The molecule has 3 nitrogen and oxygen atoms in total. The van der Waals surface area contributed by atoms with Crippen LogP contribution in [0.25, 0.3) is 0 Å². The monoisotopic (exact) mass is 349 g/mol. The van der Waals surface area contributed by atoms with E-state index in [0.717, 1.165) is 6.54 Å². The van der Waals surface area contributed by atoms with Crippen molar-refractivity contribution in [2.24, 2.45) is 0 Å². The van der Waals surface area contributed by atoms with Crippen LogP contribution in [0.15, 0.2) is 60.7 Å². The predicted molar refractivity (Wildman–Crippen MR) is 108 cm³/mol. The first-order valence-corrected chi connectivity index (χ1v) is 10.2. The lowest BCUT2D eigenvalue weighted by Crippen LogP contribution is -2.48. The third kappa shape index (κ3) is 4.53. The van der Waals surface area contributed by atoms with Crippen molar-refractivity contribution in [2.45, 2.75) is 25.4 Å². The van der Waals surface area contributed by atoms with Crippen LogP contribution in [0, 0.1) is 0 Å². The zero-order chi connectivity index (χ0) is 17.6. The Hall–Kier alpha value is -1.68. The van der Waals surface area contributed by atoms with Gasteiger partial charge in [0.1, 0.15) is 0 Å². The second-order valence-corrected chi connectivity index (χ2v) is 7.71. The molecule has 4 rings (SSSR count). The standard InChI is InChI=1S/C23H31N3/c1-3-8-21(9-4-1)20-25-16-14-24(15-17-25)18-19-26-13-7-12-23(26)22-10-5-2-6-11-22/h1-6,8-11,23H,7,12-20H2/t23-/m1/s1. The maximum atomic E-state index is 2.70. The molecule has 0 amide bonds. The maximum absolute atomic E-state index is 2.70. The summed E-state index contributed by atoms with van der Waals surface area (Å²) in [5.74, 6) is 0. The smallest absolute Gasteiger partial charge is 0.0349 e. The van der Waals surface area contributed by atoms with Gasteiger partial charge in [-0.25, -0.2) is 0 Å². The SMILES string of the molecule is c1ccc(CN2CCN(CCN3CCC[C@@H]3c3ccccc3)CC2)cc1. The van der Waals surface area contributed by atoms with Gasteiger partial charge >= 0.3 is 0 Å². The van der Waals surface area contributed by atoms with E-state index in [1.54, 1.807) is 0 Å². The molecule has 0 aromatic heterocycles. The Morgan fingerprint density at radius 1 is 0.692 bits per heavy atom. The van der Waals surface area contributed by atoms with Crippen molar-refractivity contribution >= 4 is 0 Å². The van der Waals surface area contributed by atoms with Crippen molar-refractivity contribution in [3.8, 4) is 0 Å². The highest BCUT2D eigenvalue weighted by Gasteiger charge is 2.26. The zero-order valence-corrected chi connectivity index (χ0v) is 15.8. The van der Waals surface area contributed by atoms with Crippen LogP contribution in [0.5, 0.6) is 0 Å². The average molecular weight is 350 g/mol. The summed E-state index contributed by atoms with van der Waals surface area (Å²) in [7, 11) is 0. The summed E-state index contributed by atoms with van der Waals surface area (Å²) in [6.07, 6.45) is 2.65. The van der Waals surface area contributed by atoms with E-state index in [1.165, 1.54) is 69.8 Å². The fourth-order valence-corrected chi connectivity index (χ4v) is 4.43. The van der Waals surface area contributed by atoms with Gasteiger partial charge in [-0.3, -0.25) is 14.7 Å². The molecule has 2 aliphatic rings. The molecule has 0 saturated carbocycles. The van der Waals surface area contributed by atoms with E-state index in [0.29, 0.717) is 6.04 Å². The topological polar surface area (TPSA) is 9.72 Å². The Balaban J connectivity index is 1.22. The summed E-state index contributed by atoms with van der Waals surface area (Å²) in [6.45, 7) is 9.56. The molecule has 2 aromatic rings. The number of benzene rings is 2. The van der Waals surface area contributed by atoms with E-state index in [-0.39, 0.29) is 0 Å². The molecule has 2 aliphatic heterocycles. The third-order valence-corrected chi connectivity index (χ3v) is 5.97. The summed E-state index contributed by atoms with van der Waals surface area (Å²) in [5.41, 5.74) is 2.93. The minimum Gasteiger partial charge on any atom is -0.300 e. The van der Waals surface area contributed by atoms with Gasteiger partial charge in [0.2, 0.25) is 0 Å². The van der Waals surface area contributed by atoms with E-state index in [9.17, 15) is 0 Å². The molecule has 26 heavy (non-hydrogen) atoms. The third-order valence-electron chi connectivity index (χ3n) is 5.97. The number of rotatable bonds is 6. The second-order valence-electron chi connectivity index (χ2n) is 7.71. The molecule has 0 unspecified atom stereocenters. The lowest BCUT2D eigenvalue weighted by molar-refractivity contribution is 0.112. The molecule has 2 saturated heterocycles. The van der Waals surface area contributed by atoms with Crippen molar-refractivity contribution in [3.63, 3.8) is 0 Å². The van der Waals surface area contributed by atoms with E-state index in [1.807, 2.05) is 0 Å². The van der Waals surface area contributed by atoms with E-state index < -0.39 is 0 Å². The second kappa shape index (κ2) is 8.81.